The van der Waals surface area contributed by atoms with E-state index in [0.29, 0.717) is 0 Å². The third-order valence-electron chi connectivity index (χ3n) is 3.40. The van der Waals surface area contributed by atoms with Gasteiger partial charge in [-0.1, -0.05) is 44.4 Å². The van der Waals surface area contributed by atoms with Gasteiger partial charge >= 0.3 is 0 Å². The first kappa shape index (κ1) is 13.0. The summed E-state index contributed by atoms with van der Waals surface area (Å²) in [5.41, 5.74) is 8.61. The maximum Gasteiger partial charge on any atom is 0.0704 e. The summed E-state index contributed by atoms with van der Waals surface area (Å²) in [6.45, 7) is 2.22. The summed E-state index contributed by atoms with van der Waals surface area (Å²) in [5, 5.41) is 1.24. The molecule has 1 aromatic carbocycles. The molecule has 0 saturated carbocycles. The molecule has 0 spiro atoms. The molecule has 0 fully saturated rings. The summed E-state index contributed by atoms with van der Waals surface area (Å²) < 4.78 is 0. The minimum Gasteiger partial charge on any atom is -0.327 e. The average molecular weight is 242 g/mol. The van der Waals surface area contributed by atoms with Crippen molar-refractivity contribution in [1.82, 2.24) is 4.98 Å². The number of nitrogens with zero attached hydrogens (tertiary/aromatic N) is 1. The largest absolute Gasteiger partial charge is 0.327 e. The van der Waals surface area contributed by atoms with Crippen molar-refractivity contribution in [1.29, 1.82) is 0 Å². The number of hydrogen-bond donors (Lipinski definition) is 1. The average Bonchev–Trinajstić information content (AvgIpc) is 2.39. The van der Waals surface area contributed by atoms with Crippen molar-refractivity contribution in [3.63, 3.8) is 0 Å². The molecule has 0 radical (unpaired) electrons. The highest BCUT2D eigenvalue weighted by molar-refractivity contribution is 5.81. The first-order valence-corrected chi connectivity index (χ1v) is 6.89. The summed E-state index contributed by atoms with van der Waals surface area (Å²) in [6.07, 6.45) is 7.73. The van der Waals surface area contributed by atoms with Crippen LogP contribution in [0.25, 0.3) is 10.9 Å². The van der Waals surface area contributed by atoms with Crippen molar-refractivity contribution in [3.05, 3.63) is 42.1 Å². The van der Waals surface area contributed by atoms with Crippen LogP contribution in [0.15, 0.2) is 36.5 Å². The van der Waals surface area contributed by atoms with Gasteiger partial charge in [0.2, 0.25) is 0 Å². The van der Waals surface area contributed by atoms with Crippen LogP contribution >= 0.6 is 0 Å². The Morgan fingerprint density at radius 2 is 2.00 bits per heavy atom. The summed E-state index contributed by atoms with van der Waals surface area (Å²) in [5.74, 6) is 0. The zero-order valence-corrected chi connectivity index (χ0v) is 11.1. The number of para-hydroxylation sites is 1. The van der Waals surface area contributed by atoms with E-state index in [1.807, 2.05) is 12.3 Å². The highest BCUT2D eigenvalue weighted by Crippen LogP contribution is 2.18. The van der Waals surface area contributed by atoms with Crippen molar-refractivity contribution >= 4 is 10.9 Å². The van der Waals surface area contributed by atoms with Crippen LogP contribution < -0.4 is 5.73 Å². The number of pyridine rings is 1. The third-order valence-corrected chi connectivity index (χ3v) is 3.40. The number of aromatic nitrogens is 1. The predicted octanol–water partition coefficient (Wildman–Crippen LogP) is 3.68. The Morgan fingerprint density at radius 3 is 2.83 bits per heavy atom. The van der Waals surface area contributed by atoms with E-state index in [2.05, 4.69) is 36.2 Å². The predicted molar refractivity (Wildman–Crippen MR) is 77.6 cm³/mol. The standard InChI is InChI=1S/C16H22N2/c1-2-3-4-7-14(17)12-13-10-11-18-16-9-6-5-8-15(13)16/h5-6,8-11,14H,2-4,7,12,17H2,1H3. The van der Waals surface area contributed by atoms with E-state index in [1.165, 1.54) is 30.2 Å². The molecular weight excluding hydrogens is 220 g/mol. The SMILES string of the molecule is CCCCCC(N)Cc1ccnc2ccccc12. The Kier molecular flexibility index (Phi) is 4.71. The lowest BCUT2D eigenvalue weighted by Crippen LogP contribution is -2.22. The number of benzene rings is 1. The van der Waals surface area contributed by atoms with Gasteiger partial charge in [-0.15, -0.1) is 0 Å². The van der Waals surface area contributed by atoms with Crippen molar-refractivity contribution in [2.24, 2.45) is 5.73 Å². The normalized spacial score (nSPS) is 12.8. The van der Waals surface area contributed by atoms with E-state index in [0.717, 1.165) is 18.4 Å². The number of unbranched alkanes of at least 4 members (excludes halogenated alkanes) is 2. The molecule has 0 saturated heterocycles. The second kappa shape index (κ2) is 6.50. The molecule has 2 rings (SSSR count). The van der Waals surface area contributed by atoms with E-state index in [4.69, 9.17) is 5.73 Å². The fraction of sp³-hybridized carbons (Fsp3) is 0.438. The Hall–Kier alpha value is -1.41. The third kappa shape index (κ3) is 3.30. The van der Waals surface area contributed by atoms with Crippen LogP contribution in [0.4, 0.5) is 0 Å². The summed E-state index contributed by atoms with van der Waals surface area (Å²) in [6, 6.07) is 10.7. The van der Waals surface area contributed by atoms with E-state index >= 15 is 0 Å². The van der Waals surface area contributed by atoms with E-state index in [9.17, 15) is 0 Å². The second-order valence-corrected chi connectivity index (χ2v) is 4.95. The number of fused-ring (bicyclic) bond motifs is 1. The molecule has 0 aliphatic carbocycles. The molecule has 2 heteroatoms. The van der Waals surface area contributed by atoms with Gasteiger partial charge < -0.3 is 5.73 Å². The van der Waals surface area contributed by atoms with Crippen LogP contribution in [0.3, 0.4) is 0 Å². The van der Waals surface area contributed by atoms with E-state index in [-0.39, 0.29) is 6.04 Å². The van der Waals surface area contributed by atoms with Gasteiger partial charge in [0.1, 0.15) is 0 Å². The van der Waals surface area contributed by atoms with Gasteiger partial charge in [0.15, 0.2) is 0 Å². The van der Waals surface area contributed by atoms with Gasteiger partial charge in [-0.05, 0) is 30.5 Å². The number of rotatable bonds is 6. The zero-order valence-electron chi connectivity index (χ0n) is 11.1. The first-order valence-electron chi connectivity index (χ1n) is 6.89. The monoisotopic (exact) mass is 242 g/mol. The van der Waals surface area contributed by atoms with Crippen molar-refractivity contribution in [2.45, 2.75) is 45.1 Å². The molecule has 96 valence electrons. The van der Waals surface area contributed by atoms with Crippen LogP contribution in [0, 0.1) is 0 Å². The summed E-state index contributed by atoms with van der Waals surface area (Å²) in [7, 11) is 0. The highest BCUT2D eigenvalue weighted by Gasteiger charge is 2.07. The molecule has 2 N–H and O–H groups in total. The Morgan fingerprint density at radius 1 is 1.17 bits per heavy atom. The van der Waals surface area contributed by atoms with Crippen LogP contribution in [-0.4, -0.2) is 11.0 Å². The number of hydrogen-bond acceptors (Lipinski definition) is 2. The maximum atomic E-state index is 6.22. The van der Waals surface area contributed by atoms with Gasteiger partial charge in [0.25, 0.3) is 0 Å². The molecule has 0 aliphatic rings. The van der Waals surface area contributed by atoms with Crippen molar-refractivity contribution < 1.29 is 0 Å². The second-order valence-electron chi connectivity index (χ2n) is 4.95. The Labute approximate surface area is 109 Å². The molecule has 1 atom stereocenters. The molecule has 1 unspecified atom stereocenters. The van der Waals surface area contributed by atoms with Crippen LogP contribution in [-0.2, 0) is 6.42 Å². The fourth-order valence-corrected chi connectivity index (χ4v) is 2.37. The maximum absolute atomic E-state index is 6.22. The quantitative estimate of drug-likeness (QED) is 0.785. The topological polar surface area (TPSA) is 38.9 Å². The lowest BCUT2D eigenvalue weighted by molar-refractivity contribution is 0.558. The van der Waals surface area contributed by atoms with Gasteiger partial charge in [0, 0.05) is 17.6 Å². The van der Waals surface area contributed by atoms with Gasteiger partial charge in [0.05, 0.1) is 5.52 Å². The Balaban J connectivity index is 2.07. The summed E-state index contributed by atoms with van der Waals surface area (Å²) in [4.78, 5) is 4.38. The molecule has 1 aromatic heterocycles. The molecule has 2 nitrogen and oxygen atoms in total. The molecule has 2 aromatic rings. The van der Waals surface area contributed by atoms with Gasteiger partial charge in [-0.3, -0.25) is 4.98 Å². The first-order chi connectivity index (χ1) is 8.81. The molecule has 0 aliphatic heterocycles. The van der Waals surface area contributed by atoms with Crippen molar-refractivity contribution in [3.8, 4) is 0 Å². The molecule has 18 heavy (non-hydrogen) atoms. The molecule has 1 heterocycles. The van der Waals surface area contributed by atoms with E-state index in [1.54, 1.807) is 0 Å². The lowest BCUT2D eigenvalue weighted by Gasteiger charge is -2.12. The van der Waals surface area contributed by atoms with Gasteiger partial charge in [-0.2, -0.15) is 0 Å². The Bertz CT molecular complexity index is 488. The van der Waals surface area contributed by atoms with Crippen molar-refractivity contribution in [2.75, 3.05) is 0 Å². The van der Waals surface area contributed by atoms with Crippen LogP contribution in [0.5, 0.6) is 0 Å². The van der Waals surface area contributed by atoms with E-state index < -0.39 is 0 Å². The smallest absolute Gasteiger partial charge is 0.0704 e. The fourth-order valence-electron chi connectivity index (χ4n) is 2.37. The molecule has 0 bridgehead atoms. The number of nitrogens with two attached hydrogens (primary N) is 1. The highest BCUT2D eigenvalue weighted by atomic mass is 14.7. The summed E-state index contributed by atoms with van der Waals surface area (Å²) >= 11 is 0. The molecule has 0 amide bonds. The minimum atomic E-state index is 0.266. The van der Waals surface area contributed by atoms with Crippen LogP contribution in [0.1, 0.15) is 38.2 Å². The van der Waals surface area contributed by atoms with Crippen LogP contribution in [0.2, 0.25) is 0 Å². The lowest BCUT2D eigenvalue weighted by atomic mass is 9.99. The van der Waals surface area contributed by atoms with Gasteiger partial charge in [-0.25, -0.2) is 0 Å². The minimum absolute atomic E-state index is 0.266. The molecular formula is C16H22N2. The zero-order chi connectivity index (χ0) is 12.8.